The highest BCUT2D eigenvalue weighted by Crippen LogP contribution is 2.23. The van der Waals surface area contributed by atoms with Crippen LogP contribution in [0.3, 0.4) is 0 Å². The summed E-state index contributed by atoms with van der Waals surface area (Å²) in [7, 11) is 0. The lowest BCUT2D eigenvalue weighted by molar-refractivity contribution is -0.130. The molecular formula is C9H13BrN2OS. The third kappa shape index (κ3) is 3.08. The first-order valence-electron chi connectivity index (χ1n) is 4.39. The second-order valence-corrected chi connectivity index (χ2v) is 5.37. The number of nitrogens with zero attached hydrogens (tertiary/aromatic N) is 1. The predicted molar refractivity (Wildman–Crippen MR) is 62.2 cm³/mol. The molecule has 0 bridgehead atoms. The van der Waals surface area contributed by atoms with Gasteiger partial charge in [0.2, 0.25) is 5.91 Å². The minimum atomic E-state index is -0.00276. The van der Waals surface area contributed by atoms with Gasteiger partial charge in [-0.25, -0.2) is 0 Å². The highest BCUT2D eigenvalue weighted by Gasteiger charge is 2.10. The Balaban J connectivity index is 2.61. The molecule has 0 aliphatic carbocycles. The van der Waals surface area contributed by atoms with E-state index in [9.17, 15) is 4.79 Å². The Morgan fingerprint density at radius 3 is 2.79 bits per heavy atom. The highest BCUT2D eigenvalue weighted by atomic mass is 79.9. The number of likely N-dealkylation sites (N-methyl/N-ethyl adjacent to an activating group) is 1. The third-order valence-electron chi connectivity index (χ3n) is 1.88. The number of halogens is 1. The van der Waals surface area contributed by atoms with Crippen LogP contribution in [0.25, 0.3) is 0 Å². The first-order chi connectivity index (χ1) is 6.67. The van der Waals surface area contributed by atoms with E-state index in [1.807, 2.05) is 19.1 Å². The molecule has 2 N–H and O–H groups in total. The normalized spacial score (nSPS) is 10.2. The molecule has 0 aliphatic heterocycles. The minimum absolute atomic E-state index is 0.00276. The van der Waals surface area contributed by atoms with Gasteiger partial charge in [0.1, 0.15) is 0 Å². The lowest BCUT2D eigenvalue weighted by Gasteiger charge is -2.18. The van der Waals surface area contributed by atoms with Gasteiger partial charge < -0.3 is 10.6 Å². The maximum atomic E-state index is 11.3. The van der Waals surface area contributed by atoms with Gasteiger partial charge in [0.25, 0.3) is 0 Å². The van der Waals surface area contributed by atoms with Crippen molar-refractivity contribution in [2.75, 3.05) is 13.1 Å². The summed E-state index contributed by atoms with van der Waals surface area (Å²) >= 11 is 5.03. The van der Waals surface area contributed by atoms with E-state index < -0.39 is 0 Å². The van der Waals surface area contributed by atoms with Gasteiger partial charge in [-0.15, -0.1) is 11.3 Å². The van der Waals surface area contributed by atoms with Gasteiger partial charge in [-0.1, -0.05) is 0 Å². The number of carbonyl (C=O) groups excluding carboxylic acids is 1. The molecule has 1 amide bonds. The molecule has 1 heterocycles. The Kier molecular flexibility index (Phi) is 4.57. The summed E-state index contributed by atoms with van der Waals surface area (Å²) in [6, 6.07) is 4.00. The molecule has 0 atom stereocenters. The van der Waals surface area contributed by atoms with E-state index in [0.717, 1.165) is 3.79 Å². The predicted octanol–water partition coefficient (Wildman–Crippen LogP) is 1.82. The van der Waals surface area contributed by atoms with Crippen LogP contribution in [-0.2, 0) is 11.3 Å². The van der Waals surface area contributed by atoms with E-state index in [-0.39, 0.29) is 12.5 Å². The van der Waals surface area contributed by atoms with Crippen molar-refractivity contribution >= 4 is 33.2 Å². The Morgan fingerprint density at radius 2 is 2.36 bits per heavy atom. The van der Waals surface area contributed by atoms with Crippen molar-refractivity contribution in [1.82, 2.24) is 4.90 Å². The number of rotatable bonds is 4. The number of thiophene rings is 1. The maximum Gasteiger partial charge on any atom is 0.236 e. The molecule has 1 aromatic rings. The van der Waals surface area contributed by atoms with Crippen molar-refractivity contribution in [2.45, 2.75) is 13.5 Å². The van der Waals surface area contributed by atoms with Crippen LogP contribution in [0, 0.1) is 0 Å². The fourth-order valence-corrected chi connectivity index (χ4v) is 2.63. The molecule has 0 aromatic carbocycles. The van der Waals surface area contributed by atoms with E-state index >= 15 is 0 Å². The average Bonchev–Trinajstić information content (AvgIpc) is 2.59. The van der Waals surface area contributed by atoms with Gasteiger partial charge in [0.05, 0.1) is 16.9 Å². The Labute approximate surface area is 96.0 Å². The zero-order valence-corrected chi connectivity index (χ0v) is 10.4. The summed E-state index contributed by atoms with van der Waals surface area (Å²) in [4.78, 5) is 14.3. The molecular weight excluding hydrogens is 264 g/mol. The van der Waals surface area contributed by atoms with Crippen molar-refractivity contribution < 1.29 is 4.79 Å². The summed E-state index contributed by atoms with van der Waals surface area (Å²) in [5.41, 5.74) is 5.31. The average molecular weight is 277 g/mol. The number of carbonyl (C=O) groups is 1. The van der Waals surface area contributed by atoms with Crippen molar-refractivity contribution in [2.24, 2.45) is 5.73 Å². The molecule has 1 rings (SSSR count). The smallest absolute Gasteiger partial charge is 0.236 e. The van der Waals surface area contributed by atoms with Crippen LogP contribution in [0.15, 0.2) is 15.9 Å². The fourth-order valence-electron chi connectivity index (χ4n) is 1.13. The molecule has 0 spiro atoms. The van der Waals surface area contributed by atoms with Crippen LogP contribution in [0.4, 0.5) is 0 Å². The van der Waals surface area contributed by atoms with Gasteiger partial charge in [-0.3, -0.25) is 4.79 Å². The summed E-state index contributed by atoms with van der Waals surface area (Å²) in [5, 5.41) is 0. The molecule has 78 valence electrons. The highest BCUT2D eigenvalue weighted by molar-refractivity contribution is 9.11. The number of nitrogens with two attached hydrogens (primary N) is 1. The van der Waals surface area contributed by atoms with E-state index in [1.165, 1.54) is 4.88 Å². The molecule has 0 saturated carbocycles. The quantitative estimate of drug-likeness (QED) is 0.912. The molecule has 14 heavy (non-hydrogen) atoms. The molecule has 3 nitrogen and oxygen atoms in total. The fraction of sp³-hybridized carbons (Fsp3) is 0.444. The van der Waals surface area contributed by atoms with Gasteiger partial charge in [-0.05, 0) is 35.0 Å². The number of amides is 1. The zero-order chi connectivity index (χ0) is 10.6. The van der Waals surface area contributed by atoms with Gasteiger partial charge in [-0.2, -0.15) is 0 Å². The Morgan fingerprint density at radius 1 is 1.64 bits per heavy atom. The standard InChI is InChI=1S/C9H13BrN2OS/c1-2-12(9(13)5-11)6-7-3-4-8(10)14-7/h3-4H,2,5-6,11H2,1H3. The van der Waals surface area contributed by atoms with Crippen molar-refractivity contribution in [3.8, 4) is 0 Å². The Bertz CT molecular complexity index is 314. The largest absolute Gasteiger partial charge is 0.337 e. The van der Waals surface area contributed by atoms with Gasteiger partial charge in [0.15, 0.2) is 0 Å². The zero-order valence-electron chi connectivity index (χ0n) is 8.00. The van der Waals surface area contributed by atoms with Gasteiger partial charge in [0, 0.05) is 11.4 Å². The van der Waals surface area contributed by atoms with Crippen LogP contribution in [0.2, 0.25) is 0 Å². The molecule has 5 heteroatoms. The molecule has 0 saturated heterocycles. The lowest BCUT2D eigenvalue weighted by Crippen LogP contribution is -2.35. The topological polar surface area (TPSA) is 46.3 Å². The number of hydrogen-bond donors (Lipinski definition) is 1. The van der Waals surface area contributed by atoms with Crippen molar-refractivity contribution in [3.05, 3.63) is 20.8 Å². The monoisotopic (exact) mass is 276 g/mol. The second-order valence-electron chi connectivity index (χ2n) is 2.82. The first kappa shape index (κ1) is 11.7. The number of hydrogen-bond acceptors (Lipinski definition) is 3. The summed E-state index contributed by atoms with van der Waals surface area (Å²) in [6.07, 6.45) is 0. The molecule has 1 aromatic heterocycles. The summed E-state index contributed by atoms with van der Waals surface area (Å²) in [5.74, 6) is -0.00276. The van der Waals surface area contributed by atoms with Crippen LogP contribution >= 0.6 is 27.3 Å². The van der Waals surface area contributed by atoms with E-state index in [2.05, 4.69) is 15.9 Å². The third-order valence-corrected chi connectivity index (χ3v) is 3.49. The summed E-state index contributed by atoms with van der Waals surface area (Å²) in [6.45, 7) is 3.39. The van der Waals surface area contributed by atoms with Crippen LogP contribution in [-0.4, -0.2) is 23.9 Å². The maximum absolute atomic E-state index is 11.3. The molecule has 0 unspecified atom stereocenters. The summed E-state index contributed by atoms with van der Waals surface area (Å²) < 4.78 is 1.09. The molecule has 0 fully saturated rings. The Hall–Kier alpha value is -0.390. The van der Waals surface area contributed by atoms with Crippen molar-refractivity contribution in [1.29, 1.82) is 0 Å². The van der Waals surface area contributed by atoms with E-state index in [4.69, 9.17) is 5.73 Å². The first-order valence-corrected chi connectivity index (χ1v) is 6.00. The SMILES string of the molecule is CCN(Cc1ccc(Br)s1)C(=O)CN. The van der Waals surface area contributed by atoms with Gasteiger partial charge >= 0.3 is 0 Å². The lowest BCUT2D eigenvalue weighted by atomic mass is 10.4. The van der Waals surface area contributed by atoms with Crippen LogP contribution < -0.4 is 5.73 Å². The van der Waals surface area contributed by atoms with E-state index in [1.54, 1.807) is 16.2 Å². The molecule has 0 aliphatic rings. The van der Waals surface area contributed by atoms with E-state index in [0.29, 0.717) is 13.1 Å². The van der Waals surface area contributed by atoms with Crippen molar-refractivity contribution in [3.63, 3.8) is 0 Å². The molecule has 0 radical (unpaired) electrons. The minimum Gasteiger partial charge on any atom is -0.337 e. The second kappa shape index (κ2) is 5.48. The van der Waals surface area contributed by atoms with Crippen LogP contribution in [0.1, 0.15) is 11.8 Å². The van der Waals surface area contributed by atoms with Crippen LogP contribution in [0.5, 0.6) is 0 Å².